The first-order valence-electron chi connectivity index (χ1n) is 9.22. The van der Waals surface area contributed by atoms with E-state index in [1.165, 1.54) is 5.56 Å². The molecule has 0 radical (unpaired) electrons. The zero-order chi connectivity index (χ0) is 19.3. The quantitative estimate of drug-likeness (QED) is 0.683. The molecule has 1 aliphatic heterocycles. The van der Waals surface area contributed by atoms with Gasteiger partial charge in [0.15, 0.2) is 0 Å². The van der Waals surface area contributed by atoms with E-state index in [1.54, 1.807) is 5.01 Å². The molecule has 0 bridgehead atoms. The van der Waals surface area contributed by atoms with Gasteiger partial charge in [0.25, 0.3) is 0 Å². The van der Waals surface area contributed by atoms with E-state index in [2.05, 4.69) is 21.8 Å². The smallest absolute Gasteiger partial charge is 0.232 e. The predicted octanol–water partition coefficient (Wildman–Crippen LogP) is 2.76. The molecule has 0 spiro atoms. The van der Waals surface area contributed by atoms with Gasteiger partial charge in [-0.15, -0.1) is 0 Å². The molecule has 3 N–H and O–H groups in total. The maximum atomic E-state index is 12.0. The molecule has 1 aliphatic rings. The largest absolute Gasteiger partial charge is 0.293 e. The van der Waals surface area contributed by atoms with Gasteiger partial charge >= 0.3 is 0 Å². The molecule has 6 nitrogen and oxygen atoms in total. The van der Waals surface area contributed by atoms with E-state index in [1.807, 2.05) is 43.3 Å². The summed E-state index contributed by atoms with van der Waals surface area (Å²) in [5, 5.41) is 1.68. The van der Waals surface area contributed by atoms with Crippen LogP contribution in [0.25, 0.3) is 0 Å². The van der Waals surface area contributed by atoms with Crippen molar-refractivity contribution in [3.8, 4) is 0 Å². The Bertz CT molecular complexity index is 891. The molecule has 1 heterocycles. The summed E-state index contributed by atoms with van der Waals surface area (Å²) in [6.07, 6.45) is 2.30. The van der Waals surface area contributed by atoms with Gasteiger partial charge in [0.1, 0.15) is 5.84 Å². The zero-order valence-electron chi connectivity index (χ0n) is 15.6. The van der Waals surface area contributed by atoms with Crippen LogP contribution < -0.4 is 10.6 Å². The molecule has 3 rings (SSSR count). The highest BCUT2D eigenvalue weighted by atomic mass is 32.2. The number of nitrogens with one attached hydrogen (secondary N) is 1. The summed E-state index contributed by atoms with van der Waals surface area (Å²) < 4.78 is 26.6. The minimum atomic E-state index is -3.26. The first kappa shape index (κ1) is 19.4. The van der Waals surface area contributed by atoms with Gasteiger partial charge in [-0.1, -0.05) is 49.7 Å². The van der Waals surface area contributed by atoms with Crippen LogP contribution in [0, 0.1) is 0 Å². The van der Waals surface area contributed by atoms with Gasteiger partial charge in [0.2, 0.25) is 10.0 Å². The number of benzene rings is 2. The summed E-state index contributed by atoms with van der Waals surface area (Å²) in [4.78, 5) is 4.42. The standard InChI is InChI=1S/C20H26N4O2S/c1-2-3-14-27(25,26)23-19-10-6-17(7-11-19)15-16-4-8-18(9-5-16)20-22-12-13-24(20)21/h4-11,23H,2-3,12-15,21H2,1H3. The third kappa shape index (κ3) is 5.30. The Kier molecular flexibility index (Phi) is 6.13. The van der Waals surface area contributed by atoms with Crippen LogP contribution in [-0.2, 0) is 16.4 Å². The second-order valence-corrected chi connectivity index (χ2v) is 8.59. The molecule has 0 saturated heterocycles. The van der Waals surface area contributed by atoms with Crippen LogP contribution in [0.4, 0.5) is 5.69 Å². The van der Waals surface area contributed by atoms with Crippen LogP contribution in [0.15, 0.2) is 53.5 Å². The maximum absolute atomic E-state index is 12.0. The zero-order valence-corrected chi connectivity index (χ0v) is 16.4. The highest BCUT2D eigenvalue weighted by Crippen LogP contribution is 2.17. The van der Waals surface area contributed by atoms with Gasteiger partial charge in [0.05, 0.1) is 18.8 Å². The Hall–Kier alpha value is -2.38. The van der Waals surface area contributed by atoms with Gasteiger partial charge in [-0.3, -0.25) is 14.7 Å². The molecule has 2 aromatic rings. The number of aliphatic imine (C=N–C) groups is 1. The Labute approximate surface area is 161 Å². The topological polar surface area (TPSA) is 87.8 Å². The van der Waals surface area contributed by atoms with Crippen molar-refractivity contribution in [2.45, 2.75) is 26.2 Å². The monoisotopic (exact) mass is 386 g/mol. The lowest BCUT2D eigenvalue weighted by atomic mass is 10.0. The SMILES string of the molecule is CCCCS(=O)(=O)Nc1ccc(Cc2ccc(C3=NCCN3N)cc2)cc1. The second kappa shape index (κ2) is 8.54. The highest BCUT2D eigenvalue weighted by Gasteiger charge is 2.15. The van der Waals surface area contributed by atoms with Crippen molar-refractivity contribution < 1.29 is 8.42 Å². The number of sulfonamides is 1. The molecular formula is C20H26N4O2S. The fraction of sp³-hybridized carbons (Fsp3) is 0.350. The van der Waals surface area contributed by atoms with E-state index in [9.17, 15) is 8.42 Å². The summed E-state index contributed by atoms with van der Waals surface area (Å²) in [5.41, 5.74) is 3.93. The Morgan fingerprint density at radius 3 is 2.26 bits per heavy atom. The molecule has 0 aromatic heterocycles. The molecule has 0 aliphatic carbocycles. The molecule has 7 heteroatoms. The molecule has 144 valence electrons. The van der Waals surface area contributed by atoms with Gasteiger partial charge < -0.3 is 0 Å². The predicted molar refractivity (Wildman–Crippen MR) is 110 cm³/mol. The first-order chi connectivity index (χ1) is 13.0. The summed E-state index contributed by atoms with van der Waals surface area (Å²) in [7, 11) is -3.26. The third-order valence-corrected chi connectivity index (χ3v) is 5.86. The Balaban J connectivity index is 1.61. The van der Waals surface area contributed by atoms with Crippen molar-refractivity contribution in [1.82, 2.24) is 5.01 Å². The summed E-state index contributed by atoms with van der Waals surface area (Å²) >= 11 is 0. The molecule has 27 heavy (non-hydrogen) atoms. The Morgan fingerprint density at radius 1 is 1.07 bits per heavy atom. The number of hydrogen-bond donors (Lipinski definition) is 2. The number of nitrogens with two attached hydrogens (primary N) is 1. The van der Waals surface area contributed by atoms with Crippen LogP contribution in [0.2, 0.25) is 0 Å². The number of rotatable bonds is 8. The number of nitrogens with zero attached hydrogens (tertiary/aromatic N) is 2. The van der Waals surface area contributed by atoms with Crippen LogP contribution in [0.3, 0.4) is 0 Å². The first-order valence-corrected chi connectivity index (χ1v) is 10.9. The summed E-state index contributed by atoms with van der Waals surface area (Å²) in [6.45, 7) is 3.47. The molecule has 2 aromatic carbocycles. The van der Waals surface area contributed by atoms with E-state index in [4.69, 9.17) is 5.84 Å². The van der Waals surface area contributed by atoms with Crippen LogP contribution in [-0.4, -0.2) is 38.1 Å². The van der Waals surface area contributed by atoms with E-state index < -0.39 is 10.0 Å². The van der Waals surface area contributed by atoms with Crippen molar-refractivity contribution in [2.75, 3.05) is 23.6 Å². The molecule has 0 fully saturated rings. The van der Waals surface area contributed by atoms with Crippen molar-refractivity contribution in [2.24, 2.45) is 10.8 Å². The highest BCUT2D eigenvalue weighted by molar-refractivity contribution is 7.92. The molecule has 0 amide bonds. The number of hydrogen-bond acceptors (Lipinski definition) is 5. The van der Waals surface area contributed by atoms with Gasteiger partial charge in [-0.05, 0) is 36.1 Å². The lowest BCUT2D eigenvalue weighted by molar-refractivity contribution is 0.484. The van der Waals surface area contributed by atoms with Gasteiger partial charge in [-0.25, -0.2) is 14.3 Å². The number of amidine groups is 1. The van der Waals surface area contributed by atoms with E-state index in [-0.39, 0.29) is 5.75 Å². The van der Waals surface area contributed by atoms with Gasteiger partial charge in [-0.2, -0.15) is 0 Å². The van der Waals surface area contributed by atoms with Crippen LogP contribution in [0.1, 0.15) is 36.5 Å². The minimum absolute atomic E-state index is 0.156. The van der Waals surface area contributed by atoms with Crippen LogP contribution in [0.5, 0.6) is 0 Å². The fourth-order valence-corrected chi connectivity index (χ4v) is 4.25. The number of unbranched alkanes of at least 4 members (excludes halogenated alkanes) is 1. The Morgan fingerprint density at radius 2 is 1.70 bits per heavy atom. The lowest BCUT2D eigenvalue weighted by Crippen LogP contribution is -2.34. The van der Waals surface area contributed by atoms with E-state index in [0.29, 0.717) is 12.1 Å². The van der Waals surface area contributed by atoms with E-state index in [0.717, 1.165) is 42.9 Å². The second-order valence-electron chi connectivity index (χ2n) is 6.74. The third-order valence-electron chi connectivity index (χ3n) is 4.49. The average Bonchev–Trinajstić information content (AvgIpc) is 3.08. The average molecular weight is 387 g/mol. The fourth-order valence-electron chi connectivity index (χ4n) is 2.98. The van der Waals surface area contributed by atoms with Crippen molar-refractivity contribution in [1.29, 1.82) is 0 Å². The maximum Gasteiger partial charge on any atom is 0.232 e. The molecular weight excluding hydrogens is 360 g/mol. The molecule has 0 atom stereocenters. The van der Waals surface area contributed by atoms with Crippen molar-refractivity contribution in [3.05, 3.63) is 65.2 Å². The summed E-state index contributed by atoms with van der Waals surface area (Å²) in [6, 6.07) is 15.8. The number of anilines is 1. The minimum Gasteiger partial charge on any atom is -0.293 e. The number of hydrazine groups is 1. The normalized spacial score (nSPS) is 14.3. The van der Waals surface area contributed by atoms with Gasteiger partial charge in [0, 0.05) is 11.3 Å². The molecule has 0 saturated carbocycles. The van der Waals surface area contributed by atoms with E-state index >= 15 is 0 Å². The van der Waals surface area contributed by atoms with Crippen LogP contribution >= 0.6 is 0 Å². The lowest BCUT2D eigenvalue weighted by Gasteiger charge is -2.13. The van der Waals surface area contributed by atoms with Crippen molar-refractivity contribution >= 4 is 21.5 Å². The summed E-state index contributed by atoms with van der Waals surface area (Å²) in [5.74, 6) is 6.90. The molecule has 0 unspecified atom stereocenters. The van der Waals surface area contributed by atoms with Crippen molar-refractivity contribution in [3.63, 3.8) is 0 Å².